The molecule has 0 saturated carbocycles. The first kappa shape index (κ1) is 23.0. The molecule has 29 heavy (non-hydrogen) atoms. The molecular weight excluding hydrogens is 358 g/mol. The molecule has 0 amide bonds. The van der Waals surface area contributed by atoms with Gasteiger partial charge >= 0.3 is 5.97 Å². The number of aryl methyl sites for hydroxylation is 1. The third kappa shape index (κ3) is 6.62. The number of rotatable bonds is 12. The number of esters is 1. The lowest BCUT2D eigenvalue weighted by atomic mass is 9.90. The maximum Gasteiger partial charge on any atom is 0.333 e. The van der Waals surface area contributed by atoms with Crippen molar-refractivity contribution < 1.29 is 9.53 Å². The van der Waals surface area contributed by atoms with Crippen LogP contribution in [0.5, 0.6) is 0 Å². The van der Waals surface area contributed by atoms with Crippen LogP contribution in [0.3, 0.4) is 0 Å². The first-order chi connectivity index (χ1) is 14.1. The third-order valence-corrected chi connectivity index (χ3v) is 5.58. The highest BCUT2D eigenvalue weighted by Gasteiger charge is 2.28. The number of anilines is 1. The van der Waals surface area contributed by atoms with E-state index >= 15 is 0 Å². The lowest BCUT2D eigenvalue weighted by Gasteiger charge is -2.29. The standard InChI is InChI=1S/C26H37NO2/c1-5-14-21(15-6-2)24(8-4)29-26(28)25(22-17-10-9-11-18-22)27-23-19-13-12-16-20(23)7-3/h9-13,16-19,21,24-25,27H,5-8,14-15H2,1-4H3/t24-,25?/m0/s1. The number of nitrogens with one attached hydrogen (secondary N) is 1. The molecule has 0 bridgehead atoms. The minimum atomic E-state index is -0.512. The van der Waals surface area contributed by atoms with Gasteiger partial charge in [-0.2, -0.15) is 0 Å². The van der Waals surface area contributed by atoms with Crippen molar-refractivity contribution in [2.45, 2.75) is 78.4 Å². The summed E-state index contributed by atoms with van der Waals surface area (Å²) < 4.78 is 6.13. The molecule has 0 aliphatic carbocycles. The van der Waals surface area contributed by atoms with Crippen molar-refractivity contribution in [3.63, 3.8) is 0 Å². The van der Waals surface area contributed by atoms with Gasteiger partial charge in [-0.25, -0.2) is 4.79 Å². The Hall–Kier alpha value is -2.29. The summed E-state index contributed by atoms with van der Waals surface area (Å²) in [6, 6.07) is 17.6. The van der Waals surface area contributed by atoms with Crippen molar-refractivity contribution in [1.29, 1.82) is 0 Å². The van der Waals surface area contributed by atoms with Gasteiger partial charge in [0.15, 0.2) is 6.04 Å². The Kier molecular flexibility index (Phi) is 9.76. The van der Waals surface area contributed by atoms with Crippen molar-refractivity contribution >= 4 is 11.7 Å². The molecular formula is C26H37NO2. The Morgan fingerprint density at radius 1 is 0.897 bits per heavy atom. The molecule has 0 fully saturated rings. The molecule has 0 aromatic heterocycles. The molecule has 0 spiro atoms. The Bertz CT molecular complexity index is 722. The maximum atomic E-state index is 13.3. The molecule has 0 radical (unpaired) electrons. The third-order valence-electron chi connectivity index (χ3n) is 5.58. The summed E-state index contributed by atoms with van der Waals surface area (Å²) in [5, 5.41) is 3.47. The van der Waals surface area contributed by atoms with Crippen LogP contribution >= 0.6 is 0 Å². The number of carbonyl (C=O) groups excluding carboxylic acids is 1. The number of benzene rings is 2. The van der Waals surface area contributed by atoms with Crippen LogP contribution in [0.2, 0.25) is 0 Å². The van der Waals surface area contributed by atoms with E-state index < -0.39 is 6.04 Å². The van der Waals surface area contributed by atoms with Crippen LogP contribution in [0.15, 0.2) is 54.6 Å². The fourth-order valence-corrected chi connectivity index (χ4v) is 4.04. The summed E-state index contributed by atoms with van der Waals surface area (Å²) in [6.45, 7) is 8.65. The fraction of sp³-hybridized carbons (Fsp3) is 0.500. The lowest BCUT2D eigenvalue weighted by molar-refractivity contribution is -0.153. The number of carbonyl (C=O) groups is 1. The molecule has 0 aliphatic rings. The first-order valence-corrected chi connectivity index (χ1v) is 11.2. The van der Waals surface area contributed by atoms with Gasteiger partial charge in [0, 0.05) is 5.69 Å². The monoisotopic (exact) mass is 395 g/mol. The van der Waals surface area contributed by atoms with Gasteiger partial charge in [0.2, 0.25) is 0 Å². The molecule has 1 unspecified atom stereocenters. The zero-order valence-corrected chi connectivity index (χ0v) is 18.5. The molecule has 2 rings (SSSR count). The van der Waals surface area contributed by atoms with Gasteiger partial charge in [-0.3, -0.25) is 0 Å². The zero-order chi connectivity index (χ0) is 21.1. The topological polar surface area (TPSA) is 38.3 Å². The van der Waals surface area contributed by atoms with Crippen molar-refractivity contribution in [3.8, 4) is 0 Å². The van der Waals surface area contributed by atoms with E-state index in [1.165, 1.54) is 5.56 Å². The Balaban J connectivity index is 2.27. The zero-order valence-electron chi connectivity index (χ0n) is 18.5. The van der Waals surface area contributed by atoms with Crippen molar-refractivity contribution in [1.82, 2.24) is 0 Å². The van der Waals surface area contributed by atoms with Gasteiger partial charge < -0.3 is 10.1 Å². The summed E-state index contributed by atoms with van der Waals surface area (Å²) in [5.41, 5.74) is 3.12. The van der Waals surface area contributed by atoms with Crippen LogP contribution in [0.1, 0.15) is 77.0 Å². The number of hydrogen-bond donors (Lipinski definition) is 1. The summed E-state index contributed by atoms with van der Waals surface area (Å²) in [5.74, 6) is 0.240. The van der Waals surface area contributed by atoms with Crippen LogP contribution in [-0.4, -0.2) is 12.1 Å². The SMILES string of the molecule is CCCC(CCC)[C@H](CC)OC(=O)C(Nc1ccccc1CC)c1ccccc1. The highest BCUT2D eigenvalue weighted by atomic mass is 16.5. The minimum absolute atomic E-state index is 0.0307. The van der Waals surface area contributed by atoms with Gasteiger partial charge in [-0.05, 0) is 48.8 Å². The summed E-state index contributed by atoms with van der Waals surface area (Å²) in [7, 11) is 0. The van der Waals surface area contributed by atoms with Crippen molar-refractivity contribution in [2.24, 2.45) is 5.92 Å². The summed E-state index contributed by atoms with van der Waals surface area (Å²) >= 11 is 0. The number of para-hydroxylation sites is 1. The van der Waals surface area contributed by atoms with Crippen molar-refractivity contribution in [2.75, 3.05) is 5.32 Å². The van der Waals surface area contributed by atoms with Gasteiger partial charge in [0.05, 0.1) is 0 Å². The van der Waals surface area contributed by atoms with E-state index in [1.54, 1.807) is 0 Å². The van der Waals surface area contributed by atoms with Gasteiger partial charge in [-0.1, -0.05) is 89.1 Å². The van der Waals surface area contributed by atoms with Crippen LogP contribution in [0, 0.1) is 5.92 Å². The predicted molar refractivity (Wildman–Crippen MR) is 122 cm³/mol. The van der Waals surface area contributed by atoms with E-state index in [0.29, 0.717) is 5.92 Å². The molecule has 3 heteroatoms. The smallest absolute Gasteiger partial charge is 0.333 e. The van der Waals surface area contributed by atoms with E-state index in [1.807, 2.05) is 48.5 Å². The predicted octanol–water partition coefficient (Wildman–Crippen LogP) is 6.94. The normalized spacial score (nSPS) is 13.1. The highest BCUT2D eigenvalue weighted by molar-refractivity contribution is 5.81. The molecule has 158 valence electrons. The van der Waals surface area contributed by atoms with E-state index in [4.69, 9.17) is 4.74 Å². The average molecular weight is 396 g/mol. The molecule has 0 aliphatic heterocycles. The van der Waals surface area contributed by atoms with Crippen LogP contribution in [0.4, 0.5) is 5.69 Å². The Labute approximate surface area is 176 Å². The maximum absolute atomic E-state index is 13.3. The quantitative estimate of drug-likeness (QED) is 0.396. The second kappa shape index (κ2) is 12.3. The van der Waals surface area contributed by atoms with E-state index in [9.17, 15) is 4.79 Å². The van der Waals surface area contributed by atoms with Crippen LogP contribution in [-0.2, 0) is 16.0 Å². The number of hydrogen-bond acceptors (Lipinski definition) is 3. The molecule has 0 saturated heterocycles. The lowest BCUT2D eigenvalue weighted by Crippen LogP contribution is -2.32. The molecule has 2 aromatic carbocycles. The van der Waals surface area contributed by atoms with E-state index in [-0.39, 0.29) is 12.1 Å². The molecule has 2 aromatic rings. The number of ether oxygens (including phenoxy) is 1. The molecule has 3 nitrogen and oxygen atoms in total. The second-order valence-electron chi connectivity index (χ2n) is 7.72. The van der Waals surface area contributed by atoms with Crippen LogP contribution < -0.4 is 5.32 Å². The highest BCUT2D eigenvalue weighted by Crippen LogP contribution is 2.28. The Morgan fingerprint density at radius 2 is 1.52 bits per heavy atom. The summed E-state index contributed by atoms with van der Waals surface area (Å²) in [6.07, 6.45) is 6.16. The van der Waals surface area contributed by atoms with Crippen LogP contribution in [0.25, 0.3) is 0 Å². The van der Waals surface area contributed by atoms with Gasteiger partial charge in [0.25, 0.3) is 0 Å². The van der Waals surface area contributed by atoms with Gasteiger partial charge in [0.1, 0.15) is 6.10 Å². The fourth-order valence-electron chi connectivity index (χ4n) is 4.04. The molecule has 0 heterocycles. The average Bonchev–Trinajstić information content (AvgIpc) is 2.76. The van der Waals surface area contributed by atoms with E-state index in [2.05, 4.69) is 39.1 Å². The molecule has 1 N–H and O–H groups in total. The van der Waals surface area contributed by atoms with E-state index in [0.717, 1.165) is 49.8 Å². The largest absolute Gasteiger partial charge is 0.460 e. The molecule has 2 atom stereocenters. The van der Waals surface area contributed by atoms with Gasteiger partial charge in [-0.15, -0.1) is 0 Å². The second-order valence-corrected chi connectivity index (χ2v) is 7.72. The first-order valence-electron chi connectivity index (χ1n) is 11.2. The summed E-state index contributed by atoms with van der Waals surface area (Å²) in [4.78, 5) is 13.3. The Morgan fingerprint density at radius 3 is 2.10 bits per heavy atom. The minimum Gasteiger partial charge on any atom is -0.460 e. The van der Waals surface area contributed by atoms with Crippen molar-refractivity contribution in [3.05, 3.63) is 65.7 Å².